The van der Waals surface area contributed by atoms with Gasteiger partial charge in [0.25, 0.3) is 0 Å². The molecule has 0 aliphatic heterocycles. The maximum atomic E-state index is 5.78. The Kier molecular flexibility index (Phi) is 8.34. The molecule has 0 spiro atoms. The number of hydrogen-bond acceptors (Lipinski definition) is 1. The molecule has 3 fully saturated rings. The Labute approximate surface area is 191 Å². The van der Waals surface area contributed by atoms with Gasteiger partial charge in [-0.25, -0.2) is 0 Å². The van der Waals surface area contributed by atoms with Crippen LogP contribution in [0.1, 0.15) is 95.5 Å². The molecule has 170 valence electrons. The lowest BCUT2D eigenvalue weighted by atomic mass is 9.60. The zero-order chi connectivity index (χ0) is 21.5. The van der Waals surface area contributed by atoms with Crippen LogP contribution in [-0.2, 0) is 0 Å². The van der Waals surface area contributed by atoms with E-state index in [0.29, 0.717) is 6.61 Å². The number of benzene rings is 1. The molecule has 0 aromatic heterocycles. The second-order valence-electron chi connectivity index (χ2n) is 10.7. The van der Waals surface area contributed by atoms with Gasteiger partial charge in [0, 0.05) is 0 Å². The van der Waals surface area contributed by atoms with Crippen LogP contribution in [-0.4, -0.2) is 6.61 Å². The van der Waals surface area contributed by atoms with Crippen molar-refractivity contribution < 1.29 is 4.74 Å². The van der Waals surface area contributed by atoms with Crippen LogP contribution in [0.15, 0.2) is 49.1 Å². The molecule has 0 N–H and O–H groups in total. The first-order chi connectivity index (χ1) is 15.3. The lowest BCUT2D eigenvalue weighted by molar-refractivity contribution is 0.0713. The molecule has 0 heterocycles. The van der Waals surface area contributed by atoms with Crippen molar-refractivity contribution in [3.05, 3.63) is 54.6 Å². The van der Waals surface area contributed by atoms with Gasteiger partial charge in [-0.1, -0.05) is 43.2 Å². The Morgan fingerprint density at radius 2 is 1.48 bits per heavy atom. The van der Waals surface area contributed by atoms with Gasteiger partial charge in [-0.2, -0.15) is 0 Å². The molecule has 1 aromatic rings. The highest BCUT2D eigenvalue weighted by Crippen LogP contribution is 2.51. The largest absolute Gasteiger partial charge is 0.490 e. The molecule has 1 heteroatoms. The number of ether oxygens (including phenoxy) is 1. The molecule has 0 saturated heterocycles. The van der Waals surface area contributed by atoms with Crippen molar-refractivity contribution in [3.63, 3.8) is 0 Å². The third-order valence-corrected chi connectivity index (χ3v) is 8.92. The molecule has 1 nitrogen and oxygen atoms in total. The summed E-state index contributed by atoms with van der Waals surface area (Å²) in [6, 6.07) is 9.00. The quantitative estimate of drug-likeness (QED) is 0.382. The normalized spacial score (nSPS) is 33.7. The molecule has 3 aliphatic rings. The fourth-order valence-corrected chi connectivity index (χ4v) is 7.03. The molecule has 31 heavy (non-hydrogen) atoms. The summed E-state index contributed by atoms with van der Waals surface area (Å²) in [5.74, 6) is 6.81. The monoisotopic (exact) mass is 420 g/mol. The van der Waals surface area contributed by atoms with Crippen LogP contribution in [0.5, 0.6) is 5.75 Å². The molecule has 0 amide bonds. The highest BCUT2D eigenvalue weighted by Gasteiger charge is 2.39. The van der Waals surface area contributed by atoms with Crippen LogP contribution in [0.2, 0.25) is 0 Å². The van der Waals surface area contributed by atoms with E-state index in [1.165, 1.54) is 82.6 Å². The van der Waals surface area contributed by atoms with Crippen LogP contribution in [0, 0.1) is 29.6 Å². The minimum Gasteiger partial charge on any atom is -0.490 e. The molecule has 4 unspecified atom stereocenters. The Morgan fingerprint density at radius 1 is 0.839 bits per heavy atom. The molecule has 1 aromatic carbocycles. The van der Waals surface area contributed by atoms with E-state index in [-0.39, 0.29) is 0 Å². The van der Waals surface area contributed by atoms with Crippen LogP contribution in [0.4, 0.5) is 0 Å². The molecule has 0 radical (unpaired) electrons. The summed E-state index contributed by atoms with van der Waals surface area (Å²) in [6.07, 6.45) is 23.6. The van der Waals surface area contributed by atoms with Crippen LogP contribution >= 0.6 is 0 Å². The van der Waals surface area contributed by atoms with Crippen molar-refractivity contribution >= 4 is 0 Å². The van der Waals surface area contributed by atoms with E-state index >= 15 is 0 Å². The number of allylic oxidation sites excluding steroid dienone is 2. The molecular formula is C30H44O. The lowest BCUT2D eigenvalue weighted by Gasteiger charge is -2.45. The van der Waals surface area contributed by atoms with Gasteiger partial charge in [-0.15, -0.1) is 6.58 Å². The minimum atomic E-state index is 0.667. The van der Waals surface area contributed by atoms with Gasteiger partial charge in [-0.05, 0) is 124 Å². The molecule has 4 rings (SSSR count). The Bertz CT molecular complexity index is 694. The van der Waals surface area contributed by atoms with Crippen LogP contribution in [0.3, 0.4) is 0 Å². The second-order valence-corrected chi connectivity index (χ2v) is 10.7. The van der Waals surface area contributed by atoms with Crippen molar-refractivity contribution in [1.29, 1.82) is 0 Å². The summed E-state index contributed by atoms with van der Waals surface area (Å²) in [7, 11) is 0. The third-order valence-electron chi connectivity index (χ3n) is 8.92. The first-order valence-electron chi connectivity index (χ1n) is 13.2. The summed E-state index contributed by atoms with van der Waals surface area (Å²) in [5, 5.41) is 0. The van der Waals surface area contributed by atoms with E-state index < -0.39 is 0 Å². The average molecular weight is 421 g/mol. The Hall–Kier alpha value is -1.50. The van der Waals surface area contributed by atoms with Gasteiger partial charge in [-0.3, -0.25) is 0 Å². The fourth-order valence-electron chi connectivity index (χ4n) is 7.03. The second kappa shape index (κ2) is 11.4. The summed E-state index contributed by atoms with van der Waals surface area (Å²) in [6.45, 7) is 6.61. The summed E-state index contributed by atoms with van der Waals surface area (Å²) in [4.78, 5) is 0. The summed E-state index contributed by atoms with van der Waals surface area (Å²) in [5.41, 5.74) is 1.54. The van der Waals surface area contributed by atoms with Crippen molar-refractivity contribution in [2.24, 2.45) is 29.6 Å². The van der Waals surface area contributed by atoms with E-state index in [4.69, 9.17) is 4.74 Å². The Balaban J connectivity index is 1.24. The van der Waals surface area contributed by atoms with E-state index in [0.717, 1.165) is 41.3 Å². The van der Waals surface area contributed by atoms with E-state index in [2.05, 4.69) is 43.0 Å². The highest BCUT2D eigenvalue weighted by atomic mass is 16.5. The highest BCUT2D eigenvalue weighted by molar-refractivity contribution is 5.30. The molecule has 3 saturated carbocycles. The van der Waals surface area contributed by atoms with Gasteiger partial charge >= 0.3 is 0 Å². The number of hydrogen-bond donors (Lipinski definition) is 0. The molecule has 3 aliphatic carbocycles. The fraction of sp³-hybridized carbons (Fsp3) is 0.667. The predicted octanol–water partition coefficient (Wildman–Crippen LogP) is 8.71. The topological polar surface area (TPSA) is 9.23 Å². The van der Waals surface area contributed by atoms with Gasteiger partial charge in [0.2, 0.25) is 0 Å². The van der Waals surface area contributed by atoms with E-state index in [1.54, 1.807) is 0 Å². The smallest absolute Gasteiger partial charge is 0.119 e. The first-order valence-corrected chi connectivity index (χ1v) is 13.2. The first kappa shape index (κ1) is 22.7. The van der Waals surface area contributed by atoms with Crippen LogP contribution < -0.4 is 4.74 Å². The lowest BCUT2D eigenvalue weighted by Crippen LogP contribution is -2.34. The van der Waals surface area contributed by atoms with Gasteiger partial charge in [0.1, 0.15) is 12.4 Å². The zero-order valence-corrected chi connectivity index (χ0v) is 19.8. The van der Waals surface area contributed by atoms with Crippen molar-refractivity contribution in [3.8, 4) is 5.75 Å². The zero-order valence-electron chi connectivity index (χ0n) is 19.8. The van der Waals surface area contributed by atoms with E-state index in [1.807, 2.05) is 13.0 Å². The van der Waals surface area contributed by atoms with Gasteiger partial charge in [0.15, 0.2) is 0 Å². The summed E-state index contributed by atoms with van der Waals surface area (Å²) < 4.78 is 5.78. The number of fused-ring (bicyclic) bond motifs is 1. The molecule has 4 atom stereocenters. The Morgan fingerprint density at radius 3 is 2.19 bits per heavy atom. The molecule has 0 bridgehead atoms. The third kappa shape index (κ3) is 6.05. The predicted molar refractivity (Wildman–Crippen MR) is 133 cm³/mol. The van der Waals surface area contributed by atoms with E-state index in [9.17, 15) is 0 Å². The van der Waals surface area contributed by atoms with Gasteiger partial charge in [0.05, 0.1) is 0 Å². The average Bonchev–Trinajstić information content (AvgIpc) is 2.83. The SMILES string of the molecule is C=CCCC1CCC(C2CCC3CC(c4ccc(OC/C=C/C)cc4)CCC3C2)CC1. The van der Waals surface area contributed by atoms with Crippen molar-refractivity contribution in [2.45, 2.75) is 89.9 Å². The minimum absolute atomic E-state index is 0.667. The summed E-state index contributed by atoms with van der Waals surface area (Å²) >= 11 is 0. The standard InChI is InChI=1S/C30H44O/c1-3-5-7-23-8-10-24(11-9-23)26-12-14-29-22-27(13-15-28(29)21-26)25-16-18-30(19-17-25)31-20-6-4-2/h3-4,6,16-19,23-24,26-29H,1,5,7-15,20-22H2,2H3/b6-4+. The van der Waals surface area contributed by atoms with Crippen LogP contribution in [0.25, 0.3) is 0 Å². The number of rotatable bonds is 8. The maximum Gasteiger partial charge on any atom is 0.119 e. The van der Waals surface area contributed by atoms with Gasteiger partial charge < -0.3 is 4.74 Å². The van der Waals surface area contributed by atoms with Crippen molar-refractivity contribution in [1.82, 2.24) is 0 Å². The van der Waals surface area contributed by atoms with Crippen molar-refractivity contribution in [2.75, 3.05) is 6.61 Å². The maximum absolute atomic E-state index is 5.78. The molecular weight excluding hydrogens is 376 g/mol.